The number of hydrogen-bond acceptors (Lipinski definition) is 8. The summed E-state index contributed by atoms with van der Waals surface area (Å²) >= 11 is 0. The molecule has 0 bridgehead atoms. The van der Waals surface area contributed by atoms with Crippen LogP contribution in [0.4, 0.5) is 30.4 Å². The van der Waals surface area contributed by atoms with E-state index in [1.165, 1.54) is 24.2 Å². The quantitative estimate of drug-likeness (QED) is 0.313. The number of likely N-dealkylation sites (tertiary alicyclic amines) is 1. The van der Waals surface area contributed by atoms with Crippen molar-refractivity contribution in [3.05, 3.63) is 72.0 Å². The number of benzene rings is 1. The molecule has 0 unspecified atom stereocenters. The molecule has 2 aliphatic heterocycles. The summed E-state index contributed by atoms with van der Waals surface area (Å²) in [5, 5.41) is 3.64. The molecule has 2 aliphatic rings. The first kappa shape index (κ1) is 34.1. The number of hydrogen-bond donors (Lipinski definition) is 0. The van der Waals surface area contributed by atoms with Crippen LogP contribution in [0.2, 0.25) is 0 Å². The number of rotatable bonds is 8. The zero-order chi connectivity index (χ0) is 33.6. The Labute approximate surface area is 265 Å². The molecule has 14 heteroatoms. The van der Waals surface area contributed by atoms with E-state index in [0.29, 0.717) is 24.7 Å². The van der Waals surface area contributed by atoms with Crippen LogP contribution in [0.25, 0.3) is 0 Å². The maximum Gasteiger partial charge on any atom is 0.416 e. The number of amides is 3. The minimum absolute atomic E-state index is 0.0279. The van der Waals surface area contributed by atoms with Gasteiger partial charge in [0.25, 0.3) is 0 Å². The molecule has 0 aliphatic carbocycles. The summed E-state index contributed by atoms with van der Waals surface area (Å²) in [6, 6.07) is 6.24. The molecule has 2 fully saturated rings. The van der Waals surface area contributed by atoms with Gasteiger partial charge in [0.05, 0.1) is 23.5 Å². The maximum absolute atomic E-state index is 13.8. The second kappa shape index (κ2) is 14.6. The predicted octanol–water partition coefficient (Wildman–Crippen LogP) is 5.08. The van der Waals surface area contributed by atoms with Gasteiger partial charge in [0.1, 0.15) is 11.9 Å². The summed E-state index contributed by atoms with van der Waals surface area (Å²) in [5.74, 6) is -0.578. The van der Waals surface area contributed by atoms with Crippen molar-refractivity contribution >= 4 is 34.9 Å². The Balaban J connectivity index is 0.000000459. The first-order valence-corrected chi connectivity index (χ1v) is 15.0. The van der Waals surface area contributed by atoms with E-state index in [1.54, 1.807) is 13.1 Å². The lowest BCUT2D eigenvalue weighted by Gasteiger charge is -2.32. The number of anilines is 3. The van der Waals surface area contributed by atoms with E-state index in [-0.39, 0.29) is 30.3 Å². The molecule has 0 saturated carbocycles. The number of aromatic nitrogens is 3. The number of para-hydroxylation sites is 1. The Kier molecular flexibility index (Phi) is 10.8. The second-order valence-electron chi connectivity index (χ2n) is 11.1. The molecule has 11 nitrogen and oxygen atoms in total. The van der Waals surface area contributed by atoms with Gasteiger partial charge in [-0.05, 0) is 69.9 Å². The molecule has 3 aromatic rings. The molecule has 2 saturated heterocycles. The lowest BCUT2D eigenvalue weighted by atomic mass is 10.1. The van der Waals surface area contributed by atoms with Gasteiger partial charge < -0.3 is 19.2 Å². The third-order valence-corrected chi connectivity index (χ3v) is 7.94. The van der Waals surface area contributed by atoms with Crippen LogP contribution in [0.5, 0.6) is 0 Å². The van der Waals surface area contributed by atoms with Crippen LogP contribution in [0, 0.1) is 13.8 Å². The standard InChI is InChI=1S/C25H27F3N6O3.C7H11NO/c1-5-33(13-21-29-14-30-37-21)23-15(2)7-6-8-18(23)32(4)24(36)19-9-10-22(35)34(19)20-12-17(25(26,27)28)11-16(3)31-20;1-2-7(9)8-5-3-4-6-8/h6-8,11-12,14,19H,5,9-10,13H2,1-4H3;2H,1,3-6H2/t19-;/m0./s1. The van der Waals surface area contributed by atoms with Crippen LogP contribution in [0.3, 0.4) is 0 Å². The van der Waals surface area contributed by atoms with Crippen LogP contribution in [0.15, 0.2) is 53.8 Å². The van der Waals surface area contributed by atoms with Crippen molar-refractivity contribution in [3.8, 4) is 0 Å². The third kappa shape index (κ3) is 7.72. The first-order chi connectivity index (χ1) is 21.8. The Morgan fingerprint density at radius 2 is 1.89 bits per heavy atom. The van der Waals surface area contributed by atoms with E-state index in [9.17, 15) is 27.6 Å². The van der Waals surface area contributed by atoms with E-state index in [0.717, 1.165) is 54.2 Å². The number of alkyl halides is 3. The van der Waals surface area contributed by atoms with Gasteiger partial charge in [-0.2, -0.15) is 18.2 Å². The van der Waals surface area contributed by atoms with Crippen molar-refractivity contribution in [2.24, 2.45) is 0 Å². The number of carbonyl (C=O) groups excluding carboxylic acids is 3. The molecule has 2 aromatic heterocycles. The number of carbonyl (C=O) groups is 3. The minimum Gasteiger partial charge on any atom is -0.361 e. The highest BCUT2D eigenvalue weighted by Crippen LogP contribution is 2.37. The normalized spacial score (nSPS) is 16.2. The van der Waals surface area contributed by atoms with Crippen LogP contribution < -0.4 is 14.7 Å². The first-order valence-electron chi connectivity index (χ1n) is 15.0. The second-order valence-corrected chi connectivity index (χ2v) is 11.1. The average Bonchev–Trinajstić information content (AvgIpc) is 3.81. The molecule has 0 radical (unpaired) electrons. The molecule has 246 valence electrons. The number of pyridine rings is 1. The van der Waals surface area contributed by atoms with E-state index in [4.69, 9.17) is 4.52 Å². The Bertz CT molecular complexity index is 1560. The van der Waals surface area contributed by atoms with Gasteiger partial charge in [0.15, 0.2) is 6.33 Å². The molecule has 0 N–H and O–H groups in total. The molecule has 5 rings (SSSR count). The molecule has 1 atom stereocenters. The minimum atomic E-state index is -4.61. The lowest BCUT2D eigenvalue weighted by Crippen LogP contribution is -2.46. The fraction of sp³-hybridized carbons (Fsp3) is 0.438. The fourth-order valence-corrected chi connectivity index (χ4v) is 5.66. The fourth-order valence-electron chi connectivity index (χ4n) is 5.66. The summed E-state index contributed by atoms with van der Waals surface area (Å²) in [5.41, 5.74) is 1.43. The average molecular weight is 642 g/mol. The summed E-state index contributed by atoms with van der Waals surface area (Å²) in [4.78, 5) is 51.9. The monoisotopic (exact) mass is 641 g/mol. The SMILES string of the molecule is C=CC(=O)N1CCCC1.CCN(Cc1ncno1)c1c(C)cccc1N(C)C(=O)[C@@H]1CCC(=O)N1c1cc(C(F)(F)F)cc(C)n1. The van der Waals surface area contributed by atoms with Crippen LogP contribution in [-0.4, -0.2) is 70.5 Å². The Hall–Kier alpha value is -4.75. The zero-order valence-electron chi connectivity index (χ0n) is 26.4. The highest BCUT2D eigenvalue weighted by molar-refractivity contribution is 6.09. The molecule has 3 amide bonds. The smallest absolute Gasteiger partial charge is 0.361 e. The van der Waals surface area contributed by atoms with E-state index in [2.05, 4.69) is 21.7 Å². The van der Waals surface area contributed by atoms with Crippen LogP contribution >= 0.6 is 0 Å². The van der Waals surface area contributed by atoms with E-state index < -0.39 is 29.6 Å². The topological polar surface area (TPSA) is 116 Å². The van der Waals surface area contributed by atoms with Crippen molar-refractivity contribution in [2.75, 3.05) is 41.4 Å². The summed E-state index contributed by atoms with van der Waals surface area (Å²) in [6.45, 7) is 11.4. The van der Waals surface area contributed by atoms with Gasteiger partial charge in [-0.15, -0.1) is 0 Å². The highest BCUT2D eigenvalue weighted by atomic mass is 19.4. The molecular weight excluding hydrogens is 603 g/mol. The largest absolute Gasteiger partial charge is 0.416 e. The third-order valence-electron chi connectivity index (χ3n) is 7.94. The van der Waals surface area contributed by atoms with Crippen molar-refractivity contribution in [2.45, 2.75) is 65.2 Å². The number of likely N-dealkylation sites (N-methyl/N-ethyl adjacent to an activating group) is 1. The van der Waals surface area contributed by atoms with Gasteiger partial charge in [-0.25, -0.2) is 4.98 Å². The van der Waals surface area contributed by atoms with Crippen LogP contribution in [0.1, 0.15) is 55.3 Å². The van der Waals surface area contributed by atoms with Crippen molar-refractivity contribution in [1.82, 2.24) is 20.0 Å². The summed E-state index contributed by atoms with van der Waals surface area (Å²) < 4.78 is 45.5. The Morgan fingerprint density at radius 1 is 1.17 bits per heavy atom. The van der Waals surface area contributed by atoms with Gasteiger partial charge in [-0.3, -0.25) is 19.3 Å². The number of halogens is 3. The predicted molar refractivity (Wildman–Crippen MR) is 166 cm³/mol. The van der Waals surface area contributed by atoms with E-state index in [1.807, 2.05) is 35.8 Å². The number of aryl methyl sites for hydroxylation is 2. The van der Waals surface area contributed by atoms with E-state index >= 15 is 0 Å². The summed E-state index contributed by atoms with van der Waals surface area (Å²) in [7, 11) is 1.59. The van der Waals surface area contributed by atoms with Crippen molar-refractivity contribution in [1.29, 1.82) is 0 Å². The number of nitrogens with zero attached hydrogens (tertiary/aromatic N) is 7. The molecule has 0 spiro atoms. The molecule has 46 heavy (non-hydrogen) atoms. The van der Waals surface area contributed by atoms with Crippen molar-refractivity contribution in [3.63, 3.8) is 0 Å². The highest BCUT2D eigenvalue weighted by Gasteiger charge is 2.41. The maximum atomic E-state index is 13.8. The lowest BCUT2D eigenvalue weighted by molar-refractivity contribution is -0.137. The van der Waals surface area contributed by atoms with Gasteiger partial charge in [0, 0.05) is 38.8 Å². The molecule has 4 heterocycles. The van der Waals surface area contributed by atoms with Gasteiger partial charge in [0.2, 0.25) is 23.6 Å². The molecule has 1 aromatic carbocycles. The zero-order valence-corrected chi connectivity index (χ0v) is 26.4. The summed E-state index contributed by atoms with van der Waals surface area (Å²) in [6.07, 6.45) is 0.580. The van der Waals surface area contributed by atoms with Crippen molar-refractivity contribution < 1.29 is 32.1 Å². The molecular formula is C32H38F3N7O4. The van der Waals surface area contributed by atoms with Gasteiger partial charge >= 0.3 is 6.18 Å². The van der Waals surface area contributed by atoms with Gasteiger partial charge in [-0.1, -0.05) is 23.9 Å². The van der Waals surface area contributed by atoms with Crippen LogP contribution in [-0.2, 0) is 27.1 Å². The Morgan fingerprint density at radius 3 is 2.50 bits per heavy atom.